The van der Waals surface area contributed by atoms with Gasteiger partial charge in [-0.1, -0.05) is 0 Å². The molecule has 0 N–H and O–H groups in total. The largest absolute Gasteiger partial charge is 0.464 e. The molecule has 0 aliphatic carbocycles. The average Bonchev–Trinajstić information content (AvgIpc) is 2.65. The van der Waals surface area contributed by atoms with E-state index < -0.39 is 0 Å². The lowest BCUT2D eigenvalue weighted by molar-refractivity contribution is -0.147. The number of hydrogen-bond donors (Lipinski definition) is 0. The summed E-state index contributed by atoms with van der Waals surface area (Å²) in [5.74, 6) is 0.862. The summed E-state index contributed by atoms with van der Waals surface area (Å²) >= 11 is 0. The Morgan fingerprint density at radius 2 is 2.64 bits per heavy atom. The quantitative estimate of drug-likeness (QED) is 0.667. The predicted molar refractivity (Wildman–Crippen MR) is 50.8 cm³/mol. The van der Waals surface area contributed by atoms with E-state index in [2.05, 4.69) is 4.98 Å². The van der Waals surface area contributed by atoms with Crippen LogP contribution in [-0.2, 0) is 16.0 Å². The van der Waals surface area contributed by atoms with Crippen molar-refractivity contribution in [2.45, 2.75) is 32.2 Å². The molecule has 1 aliphatic rings. The van der Waals surface area contributed by atoms with Crippen LogP contribution in [-0.4, -0.2) is 22.1 Å². The topological polar surface area (TPSA) is 44.1 Å². The highest BCUT2D eigenvalue weighted by atomic mass is 16.5. The minimum Gasteiger partial charge on any atom is -0.464 e. The van der Waals surface area contributed by atoms with Crippen molar-refractivity contribution in [2.24, 2.45) is 0 Å². The minimum absolute atomic E-state index is 0.133. The van der Waals surface area contributed by atoms with Crippen LogP contribution in [0.5, 0.6) is 0 Å². The third-order valence-corrected chi connectivity index (χ3v) is 2.52. The summed E-state index contributed by atoms with van der Waals surface area (Å²) < 4.78 is 6.95. The molecule has 0 radical (unpaired) electrons. The second-order valence-electron chi connectivity index (χ2n) is 3.41. The first kappa shape index (κ1) is 9.24. The van der Waals surface area contributed by atoms with Crippen molar-refractivity contribution in [1.29, 1.82) is 0 Å². The number of carbonyl (C=O) groups is 1. The molecule has 4 heteroatoms. The van der Waals surface area contributed by atoms with Gasteiger partial charge in [0, 0.05) is 18.8 Å². The first-order valence-electron chi connectivity index (χ1n) is 5.01. The SMILES string of the molecule is CCOC(=O)[C@@H]1CCCc2nccn21. The van der Waals surface area contributed by atoms with Crippen LogP contribution in [0, 0.1) is 0 Å². The summed E-state index contributed by atoms with van der Waals surface area (Å²) in [6, 6.07) is -0.152. The zero-order chi connectivity index (χ0) is 9.97. The molecule has 2 heterocycles. The van der Waals surface area contributed by atoms with Crippen LogP contribution >= 0.6 is 0 Å². The first-order valence-corrected chi connectivity index (χ1v) is 5.01. The maximum atomic E-state index is 11.6. The third-order valence-electron chi connectivity index (χ3n) is 2.52. The van der Waals surface area contributed by atoms with Gasteiger partial charge in [-0.2, -0.15) is 0 Å². The molecule has 0 spiro atoms. The van der Waals surface area contributed by atoms with E-state index in [1.807, 2.05) is 17.7 Å². The molecule has 0 saturated carbocycles. The number of imidazole rings is 1. The molecule has 4 nitrogen and oxygen atoms in total. The zero-order valence-corrected chi connectivity index (χ0v) is 8.27. The minimum atomic E-state index is -0.152. The van der Waals surface area contributed by atoms with E-state index >= 15 is 0 Å². The number of aryl methyl sites for hydroxylation is 1. The highest BCUT2D eigenvalue weighted by molar-refractivity contribution is 5.74. The fraction of sp³-hybridized carbons (Fsp3) is 0.600. The maximum absolute atomic E-state index is 11.6. The lowest BCUT2D eigenvalue weighted by Crippen LogP contribution is -2.26. The van der Waals surface area contributed by atoms with Crippen LogP contribution in [0.3, 0.4) is 0 Å². The Morgan fingerprint density at radius 1 is 1.79 bits per heavy atom. The molecule has 0 saturated heterocycles. The molecule has 0 fully saturated rings. The van der Waals surface area contributed by atoms with Crippen molar-refractivity contribution in [3.63, 3.8) is 0 Å². The monoisotopic (exact) mass is 194 g/mol. The second kappa shape index (κ2) is 3.82. The highest BCUT2D eigenvalue weighted by Crippen LogP contribution is 2.24. The molecule has 76 valence electrons. The predicted octanol–water partition coefficient (Wildman–Crippen LogP) is 1.32. The van der Waals surface area contributed by atoms with E-state index in [1.165, 1.54) is 0 Å². The van der Waals surface area contributed by atoms with Crippen molar-refractivity contribution in [1.82, 2.24) is 9.55 Å². The Labute approximate surface area is 82.9 Å². The summed E-state index contributed by atoms with van der Waals surface area (Å²) in [4.78, 5) is 15.8. The third kappa shape index (κ3) is 1.52. The van der Waals surface area contributed by atoms with Gasteiger partial charge in [-0.25, -0.2) is 9.78 Å². The van der Waals surface area contributed by atoms with Crippen LogP contribution in [0.4, 0.5) is 0 Å². The Hall–Kier alpha value is -1.32. The molecule has 1 aliphatic heterocycles. The molecule has 0 aromatic carbocycles. The number of rotatable bonds is 2. The van der Waals surface area contributed by atoms with Gasteiger partial charge >= 0.3 is 5.97 Å². The Balaban J connectivity index is 2.19. The molecule has 1 aromatic heterocycles. The fourth-order valence-electron chi connectivity index (χ4n) is 1.88. The number of aromatic nitrogens is 2. The normalized spacial score (nSPS) is 20.2. The van der Waals surface area contributed by atoms with Crippen molar-refractivity contribution in [3.8, 4) is 0 Å². The summed E-state index contributed by atoms with van der Waals surface area (Å²) in [5, 5.41) is 0. The van der Waals surface area contributed by atoms with E-state index in [0.29, 0.717) is 6.61 Å². The van der Waals surface area contributed by atoms with E-state index in [0.717, 1.165) is 25.1 Å². The second-order valence-corrected chi connectivity index (χ2v) is 3.41. The van der Waals surface area contributed by atoms with Gasteiger partial charge in [0.25, 0.3) is 0 Å². The maximum Gasteiger partial charge on any atom is 0.329 e. The zero-order valence-electron chi connectivity index (χ0n) is 8.27. The van der Waals surface area contributed by atoms with Crippen LogP contribution in [0.2, 0.25) is 0 Å². The van der Waals surface area contributed by atoms with E-state index in [1.54, 1.807) is 6.20 Å². The van der Waals surface area contributed by atoms with Gasteiger partial charge in [-0.3, -0.25) is 0 Å². The standard InChI is InChI=1S/C10H14N2O2/c1-2-14-10(13)8-4-3-5-9-11-6-7-12(8)9/h6-8H,2-5H2,1H3/t8-/m0/s1. The van der Waals surface area contributed by atoms with Crippen LogP contribution in [0.15, 0.2) is 12.4 Å². The number of hydrogen-bond acceptors (Lipinski definition) is 3. The lowest BCUT2D eigenvalue weighted by Gasteiger charge is -2.23. The number of esters is 1. The van der Waals surface area contributed by atoms with Crippen molar-refractivity contribution < 1.29 is 9.53 Å². The van der Waals surface area contributed by atoms with Crippen molar-refractivity contribution in [3.05, 3.63) is 18.2 Å². The van der Waals surface area contributed by atoms with Crippen LogP contribution in [0.1, 0.15) is 31.6 Å². The number of ether oxygens (including phenoxy) is 1. The number of fused-ring (bicyclic) bond motifs is 1. The Morgan fingerprint density at radius 3 is 3.43 bits per heavy atom. The number of carbonyl (C=O) groups excluding carboxylic acids is 1. The molecule has 1 aromatic rings. The molecule has 1 atom stereocenters. The summed E-state index contributed by atoms with van der Waals surface area (Å²) in [6.45, 7) is 2.27. The summed E-state index contributed by atoms with van der Waals surface area (Å²) in [7, 11) is 0. The van der Waals surface area contributed by atoms with Gasteiger partial charge in [-0.15, -0.1) is 0 Å². The van der Waals surface area contributed by atoms with Crippen molar-refractivity contribution >= 4 is 5.97 Å². The van der Waals surface area contributed by atoms with Gasteiger partial charge < -0.3 is 9.30 Å². The molecular formula is C10H14N2O2. The van der Waals surface area contributed by atoms with Gasteiger partial charge in [0.1, 0.15) is 11.9 Å². The molecule has 14 heavy (non-hydrogen) atoms. The highest BCUT2D eigenvalue weighted by Gasteiger charge is 2.26. The lowest BCUT2D eigenvalue weighted by atomic mass is 10.1. The number of nitrogens with zero attached hydrogens (tertiary/aromatic N) is 2. The molecule has 0 amide bonds. The van der Waals surface area contributed by atoms with E-state index in [4.69, 9.17) is 4.74 Å². The van der Waals surface area contributed by atoms with Crippen LogP contribution < -0.4 is 0 Å². The first-order chi connectivity index (χ1) is 6.83. The Kier molecular flexibility index (Phi) is 2.52. The van der Waals surface area contributed by atoms with Gasteiger partial charge in [0.15, 0.2) is 0 Å². The molecule has 0 unspecified atom stereocenters. The van der Waals surface area contributed by atoms with Gasteiger partial charge in [-0.05, 0) is 19.8 Å². The summed E-state index contributed by atoms with van der Waals surface area (Å²) in [5.41, 5.74) is 0. The van der Waals surface area contributed by atoms with Gasteiger partial charge in [0.2, 0.25) is 0 Å². The Bertz CT molecular complexity index is 333. The molecule has 2 rings (SSSR count). The fourth-order valence-corrected chi connectivity index (χ4v) is 1.88. The van der Waals surface area contributed by atoms with E-state index in [-0.39, 0.29) is 12.0 Å². The van der Waals surface area contributed by atoms with Crippen LogP contribution in [0.25, 0.3) is 0 Å². The van der Waals surface area contributed by atoms with Crippen molar-refractivity contribution in [2.75, 3.05) is 6.61 Å². The smallest absolute Gasteiger partial charge is 0.329 e. The average molecular weight is 194 g/mol. The molecule has 0 bridgehead atoms. The van der Waals surface area contributed by atoms with Gasteiger partial charge in [0.05, 0.1) is 6.61 Å². The summed E-state index contributed by atoms with van der Waals surface area (Å²) in [6.07, 6.45) is 6.44. The van der Waals surface area contributed by atoms with E-state index in [9.17, 15) is 4.79 Å². The molecular weight excluding hydrogens is 180 g/mol.